The van der Waals surface area contributed by atoms with Crippen molar-refractivity contribution in [3.05, 3.63) is 95.6 Å². The van der Waals surface area contributed by atoms with Crippen molar-refractivity contribution in [1.29, 1.82) is 0 Å². The number of rotatable bonds is 6. The largest absolute Gasteiger partial charge is 0.485 e. The highest BCUT2D eigenvalue weighted by Gasteiger charge is 2.08. The number of carbonyl (C=O) groups is 2. The highest BCUT2D eigenvalue weighted by atomic mass is 16.5. The first-order valence-corrected chi connectivity index (χ1v) is 8.31. The SMILES string of the molecule is Cc1ccc(C(=O)COc2ccc(NC(=O)c3ccccc3)cc2)cc1. The van der Waals surface area contributed by atoms with Crippen molar-refractivity contribution < 1.29 is 14.3 Å². The van der Waals surface area contributed by atoms with Crippen LogP contribution in [0.3, 0.4) is 0 Å². The number of hydrogen-bond acceptors (Lipinski definition) is 3. The van der Waals surface area contributed by atoms with Gasteiger partial charge >= 0.3 is 0 Å². The average Bonchev–Trinajstić information content (AvgIpc) is 2.68. The molecule has 3 aromatic rings. The molecule has 0 aliphatic carbocycles. The van der Waals surface area contributed by atoms with Gasteiger partial charge in [0.15, 0.2) is 12.4 Å². The number of amides is 1. The molecule has 4 nitrogen and oxygen atoms in total. The Hall–Kier alpha value is -3.40. The van der Waals surface area contributed by atoms with Crippen LogP contribution in [-0.2, 0) is 0 Å². The van der Waals surface area contributed by atoms with Crippen LogP contribution >= 0.6 is 0 Å². The first kappa shape index (κ1) is 17.4. The maximum Gasteiger partial charge on any atom is 0.255 e. The number of ketones is 1. The van der Waals surface area contributed by atoms with Crippen molar-refractivity contribution >= 4 is 17.4 Å². The van der Waals surface area contributed by atoms with Crippen LogP contribution in [0.15, 0.2) is 78.9 Å². The summed E-state index contributed by atoms with van der Waals surface area (Å²) in [6, 6.07) is 23.3. The minimum Gasteiger partial charge on any atom is -0.485 e. The third kappa shape index (κ3) is 4.57. The second-order valence-corrected chi connectivity index (χ2v) is 5.92. The summed E-state index contributed by atoms with van der Waals surface area (Å²) in [5.41, 5.74) is 2.99. The summed E-state index contributed by atoms with van der Waals surface area (Å²) < 4.78 is 5.53. The molecule has 3 rings (SSSR count). The number of anilines is 1. The lowest BCUT2D eigenvalue weighted by atomic mass is 10.1. The zero-order chi connectivity index (χ0) is 18.4. The predicted octanol–water partition coefficient (Wildman–Crippen LogP) is 4.51. The highest BCUT2D eigenvalue weighted by molar-refractivity contribution is 6.04. The van der Waals surface area contributed by atoms with Gasteiger partial charge in [-0.3, -0.25) is 9.59 Å². The van der Waals surface area contributed by atoms with E-state index in [2.05, 4.69) is 5.32 Å². The van der Waals surface area contributed by atoms with Crippen molar-refractivity contribution in [2.45, 2.75) is 6.92 Å². The summed E-state index contributed by atoms with van der Waals surface area (Å²) in [6.07, 6.45) is 0. The van der Waals surface area contributed by atoms with Gasteiger partial charge in [-0.15, -0.1) is 0 Å². The maximum atomic E-state index is 12.1. The molecule has 0 saturated carbocycles. The Bertz CT molecular complexity index is 885. The van der Waals surface area contributed by atoms with Crippen LogP contribution in [0.2, 0.25) is 0 Å². The van der Waals surface area contributed by atoms with Gasteiger partial charge in [0.1, 0.15) is 5.75 Å². The van der Waals surface area contributed by atoms with Gasteiger partial charge in [0.25, 0.3) is 5.91 Å². The number of Topliss-reactive ketones (excluding diaryl/α,β-unsaturated/α-hetero) is 1. The van der Waals surface area contributed by atoms with Crippen molar-refractivity contribution in [3.63, 3.8) is 0 Å². The molecule has 0 spiro atoms. The van der Waals surface area contributed by atoms with Crippen LogP contribution < -0.4 is 10.1 Å². The van der Waals surface area contributed by atoms with E-state index < -0.39 is 0 Å². The van der Waals surface area contributed by atoms with Gasteiger partial charge in [-0.2, -0.15) is 0 Å². The van der Waals surface area contributed by atoms with Gasteiger partial charge in [-0.1, -0.05) is 48.0 Å². The van der Waals surface area contributed by atoms with E-state index in [9.17, 15) is 9.59 Å². The topological polar surface area (TPSA) is 55.4 Å². The second kappa shape index (κ2) is 8.12. The Balaban J connectivity index is 1.55. The number of benzene rings is 3. The predicted molar refractivity (Wildman–Crippen MR) is 102 cm³/mol. The lowest BCUT2D eigenvalue weighted by molar-refractivity contribution is 0.0921. The molecule has 0 bridgehead atoms. The molecule has 0 radical (unpaired) electrons. The quantitative estimate of drug-likeness (QED) is 0.669. The Morgan fingerprint density at radius 3 is 2.12 bits per heavy atom. The minimum atomic E-state index is -0.172. The highest BCUT2D eigenvalue weighted by Crippen LogP contribution is 2.17. The lowest BCUT2D eigenvalue weighted by Crippen LogP contribution is -2.12. The van der Waals surface area contributed by atoms with E-state index in [1.54, 1.807) is 48.5 Å². The van der Waals surface area contributed by atoms with Crippen LogP contribution in [-0.4, -0.2) is 18.3 Å². The lowest BCUT2D eigenvalue weighted by Gasteiger charge is -2.08. The van der Waals surface area contributed by atoms with Crippen LogP contribution in [0, 0.1) is 6.92 Å². The van der Waals surface area contributed by atoms with E-state index in [1.165, 1.54) is 0 Å². The molecule has 0 aliphatic rings. The molecule has 0 aliphatic heterocycles. The van der Waals surface area contributed by atoms with Crippen molar-refractivity contribution in [3.8, 4) is 5.75 Å². The van der Waals surface area contributed by atoms with E-state index in [4.69, 9.17) is 4.74 Å². The van der Waals surface area contributed by atoms with Crippen LogP contribution in [0.1, 0.15) is 26.3 Å². The first-order chi connectivity index (χ1) is 12.6. The molecule has 1 N–H and O–H groups in total. The third-order valence-electron chi connectivity index (χ3n) is 3.89. The zero-order valence-electron chi connectivity index (χ0n) is 14.4. The zero-order valence-corrected chi connectivity index (χ0v) is 14.4. The number of hydrogen-bond donors (Lipinski definition) is 1. The normalized spacial score (nSPS) is 10.2. The molecule has 130 valence electrons. The third-order valence-corrected chi connectivity index (χ3v) is 3.89. The Morgan fingerprint density at radius 1 is 0.808 bits per heavy atom. The molecule has 0 unspecified atom stereocenters. The van der Waals surface area contributed by atoms with Gasteiger partial charge in [0.2, 0.25) is 0 Å². The fraction of sp³-hybridized carbons (Fsp3) is 0.0909. The molecule has 4 heteroatoms. The Labute approximate surface area is 152 Å². The summed E-state index contributed by atoms with van der Waals surface area (Å²) in [6.45, 7) is 1.95. The summed E-state index contributed by atoms with van der Waals surface area (Å²) in [5, 5.41) is 2.82. The van der Waals surface area contributed by atoms with Crippen molar-refractivity contribution in [2.75, 3.05) is 11.9 Å². The molecule has 0 atom stereocenters. The van der Waals surface area contributed by atoms with E-state index in [0.29, 0.717) is 22.6 Å². The summed E-state index contributed by atoms with van der Waals surface area (Å²) in [4.78, 5) is 24.2. The smallest absolute Gasteiger partial charge is 0.255 e. The molecule has 0 saturated heterocycles. The number of nitrogens with one attached hydrogen (secondary N) is 1. The minimum absolute atomic E-state index is 0.0290. The molecule has 0 aromatic heterocycles. The van der Waals surface area contributed by atoms with Crippen molar-refractivity contribution in [2.24, 2.45) is 0 Å². The van der Waals surface area contributed by atoms with E-state index in [0.717, 1.165) is 5.56 Å². The molecule has 0 fully saturated rings. The van der Waals surface area contributed by atoms with E-state index in [1.807, 2.05) is 37.3 Å². The van der Waals surface area contributed by atoms with E-state index in [-0.39, 0.29) is 18.3 Å². The fourth-order valence-corrected chi connectivity index (χ4v) is 2.40. The van der Waals surface area contributed by atoms with Crippen LogP contribution in [0.5, 0.6) is 5.75 Å². The summed E-state index contributed by atoms with van der Waals surface area (Å²) in [5.74, 6) is 0.323. The van der Waals surface area contributed by atoms with E-state index >= 15 is 0 Å². The Morgan fingerprint density at radius 2 is 1.46 bits per heavy atom. The summed E-state index contributed by atoms with van der Waals surface area (Å²) in [7, 11) is 0. The van der Waals surface area contributed by atoms with Gasteiger partial charge in [0.05, 0.1) is 0 Å². The molecule has 26 heavy (non-hydrogen) atoms. The van der Waals surface area contributed by atoms with Gasteiger partial charge in [-0.05, 0) is 43.3 Å². The van der Waals surface area contributed by atoms with Gasteiger partial charge in [0, 0.05) is 16.8 Å². The number of aryl methyl sites for hydroxylation is 1. The fourth-order valence-electron chi connectivity index (χ4n) is 2.40. The Kier molecular flexibility index (Phi) is 5.44. The first-order valence-electron chi connectivity index (χ1n) is 8.31. The van der Waals surface area contributed by atoms with Gasteiger partial charge < -0.3 is 10.1 Å². The van der Waals surface area contributed by atoms with Crippen molar-refractivity contribution in [1.82, 2.24) is 0 Å². The molecule has 3 aromatic carbocycles. The number of ether oxygens (including phenoxy) is 1. The standard InChI is InChI=1S/C22H19NO3/c1-16-7-9-17(10-8-16)21(24)15-26-20-13-11-19(12-14-20)23-22(25)18-5-3-2-4-6-18/h2-14H,15H2,1H3,(H,23,25). The van der Waals surface area contributed by atoms with Crippen LogP contribution in [0.25, 0.3) is 0 Å². The molecular formula is C22H19NO3. The molecular weight excluding hydrogens is 326 g/mol. The average molecular weight is 345 g/mol. The maximum absolute atomic E-state index is 12.1. The molecule has 0 heterocycles. The molecule has 1 amide bonds. The second-order valence-electron chi connectivity index (χ2n) is 5.92. The van der Waals surface area contributed by atoms with Gasteiger partial charge in [-0.25, -0.2) is 0 Å². The monoisotopic (exact) mass is 345 g/mol. The number of carbonyl (C=O) groups excluding carboxylic acids is 2. The summed E-state index contributed by atoms with van der Waals surface area (Å²) >= 11 is 0. The van der Waals surface area contributed by atoms with Crippen LogP contribution in [0.4, 0.5) is 5.69 Å².